The molecular formula is C63H104O12. The second-order valence-electron chi connectivity index (χ2n) is 19.9. The second-order valence-corrected chi connectivity index (χ2v) is 19.9. The molecule has 1 fully saturated rings. The van der Waals surface area contributed by atoms with Crippen molar-refractivity contribution in [2.24, 2.45) is 0 Å². The molecule has 12 heteroatoms. The molecule has 6 unspecified atom stereocenters. The van der Waals surface area contributed by atoms with Crippen LogP contribution >= 0.6 is 0 Å². The van der Waals surface area contributed by atoms with E-state index < -0.39 is 67.3 Å². The Morgan fingerprint density at radius 3 is 1.37 bits per heavy atom. The maximum absolute atomic E-state index is 13.1. The van der Waals surface area contributed by atoms with Crippen LogP contribution in [0.4, 0.5) is 0 Å². The number of aliphatic hydroxyl groups is 2. The molecule has 0 amide bonds. The van der Waals surface area contributed by atoms with Gasteiger partial charge in [0.25, 0.3) is 0 Å². The van der Waals surface area contributed by atoms with Crippen molar-refractivity contribution in [3.8, 4) is 0 Å². The number of allylic oxidation sites excluding steroid dienone is 14. The average molecular weight is 1050 g/mol. The number of carbonyl (C=O) groups excluding carboxylic acids is 3. The average Bonchev–Trinajstić information content (AvgIpc) is 3.39. The number of hydrogen-bond acceptors (Lipinski definition) is 11. The van der Waals surface area contributed by atoms with Crippen LogP contribution in [0.5, 0.6) is 0 Å². The number of hydrogen-bond donors (Lipinski definition) is 3. The molecule has 1 aliphatic rings. The molecule has 3 N–H and O–H groups in total. The van der Waals surface area contributed by atoms with Gasteiger partial charge in [-0.15, -0.1) is 0 Å². The number of carbonyl (C=O) groups is 4. The topological polar surface area (TPSA) is 175 Å². The van der Waals surface area contributed by atoms with Crippen LogP contribution in [0.25, 0.3) is 0 Å². The van der Waals surface area contributed by atoms with Gasteiger partial charge in [0, 0.05) is 19.3 Å². The lowest BCUT2D eigenvalue weighted by atomic mass is 9.98. The molecule has 0 saturated carbocycles. The molecule has 0 bridgehead atoms. The Hall–Kier alpha value is -4.10. The first-order valence-corrected chi connectivity index (χ1v) is 29.6. The molecule has 0 aromatic heterocycles. The Morgan fingerprint density at radius 2 is 0.867 bits per heavy atom. The predicted octanol–water partition coefficient (Wildman–Crippen LogP) is 15.1. The van der Waals surface area contributed by atoms with Crippen LogP contribution in [0, 0.1) is 0 Å². The Balaban J connectivity index is 2.73. The van der Waals surface area contributed by atoms with E-state index in [1.165, 1.54) is 70.6 Å². The summed E-state index contributed by atoms with van der Waals surface area (Å²) in [6.07, 6.45) is 52.8. The first kappa shape index (κ1) is 68.9. The highest BCUT2D eigenvalue weighted by atomic mass is 16.7. The minimum absolute atomic E-state index is 0.0355. The van der Waals surface area contributed by atoms with Crippen molar-refractivity contribution in [1.29, 1.82) is 0 Å². The minimum Gasteiger partial charge on any atom is -0.479 e. The molecule has 0 radical (unpaired) electrons. The highest BCUT2D eigenvalue weighted by Gasteiger charge is 2.50. The van der Waals surface area contributed by atoms with Crippen LogP contribution in [-0.2, 0) is 42.9 Å². The number of esters is 3. The third kappa shape index (κ3) is 40.8. The van der Waals surface area contributed by atoms with Gasteiger partial charge in [-0.25, -0.2) is 4.79 Å². The van der Waals surface area contributed by atoms with E-state index in [2.05, 4.69) is 93.7 Å². The lowest BCUT2D eigenvalue weighted by Gasteiger charge is -2.40. The molecule has 1 aliphatic heterocycles. The number of carboxylic acid groups (broad SMARTS) is 1. The van der Waals surface area contributed by atoms with Gasteiger partial charge in [-0.1, -0.05) is 202 Å². The van der Waals surface area contributed by atoms with E-state index in [1.54, 1.807) is 0 Å². The van der Waals surface area contributed by atoms with Crippen LogP contribution in [0.15, 0.2) is 85.1 Å². The van der Waals surface area contributed by atoms with E-state index in [1.807, 2.05) is 12.2 Å². The standard InChI is InChI=1S/C63H104O12/c1-4-7-10-13-16-19-22-25-27-28-30-33-36-39-42-45-48-51-57(66)74-61-59(68)58(67)60(62(69)70)75-63(61)72-53-54(73-56(65)50-47-44-41-38-35-31-24-21-18-15-12-9-6-3)52-71-55(64)49-46-43-40-37-34-32-29-26-23-20-17-14-11-8-5-2/h9,12,17-18,20-21,25-27,29,31,35,41,44,54,58-61,63,67-68H,4-8,10-11,13-16,19,22-24,28,30,32-34,36-40,42-43,45-53H2,1-3H3,(H,69,70)/b12-9-,20-17-,21-18-,27-25-,29-26-,35-31-,44-41-. The van der Waals surface area contributed by atoms with E-state index >= 15 is 0 Å². The normalized spacial score (nSPS) is 18.8. The Morgan fingerprint density at radius 1 is 0.453 bits per heavy atom. The van der Waals surface area contributed by atoms with E-state index in [4.69, 9.17) is 23.7 Å². The van der Waals surface area contributed by atoms with Crippen molar-refractivity contribution >= 4 is 23.9 Å². The van der Waals surface area contributed by atoms with Gasteiger partial charge in [-0.05, 0) is 103 Å². The van der Waals surface area contributed by atoms with Crippen molar-refractivity contribution in [1.82, 2.24) is 0 Å². The van der Waals surface area contributed by atoms with Crippen LogP contribution in [0.1, 0.15) is 239 Å². The van der Waals surface area contributed by atoms with Gasteiger partial charge in [-0.2, -0.15) is 0 Å². The fourth-order valence-electron chi connectivity index (χ4n) is 8.41. The predicted molar refractivity (Wildman–Crippen MR) is 303 cm³/mol. The smallest absolute Gasteiger partial charge is 0.335 e. The van der Waals surface area contributed by atoms with Gasteiger partial charge in [-0.3, -0.25) is 14.4 Å². The number of unbranched alkanes of at least 4 members (excludes halogenated alkanes) is 21. The Bertz CT molecular complexity index is 1630. The van der Waals surface area contributed by atoms with Crippen molar-refractivity contribution in [3.63, 3.8) is 0 Å². The monoisotopic (exact) mass is 1050 g/mol. The summed E-state index contributed by atoms with van der Waals surface area (Å²) >= 11 is 0. The van der Waals surface area contributed by atoms with Gasteiger partial charge >= 0.3 is 23.9 Å². The summed E-state index contributed by atoms with van der Waals surface area (Å²) in [5.41, 5.74) is 0. The molecule has 1 rings (SSSR count). The molecule has 1 heterocycles. The Kier molecular flexibility index (Phi) is 46.6. The molecule has 12 nitrogen and oxygen atoms in total. The summed E-state index contributed by atoms with van der Waals surface area (Å²) in [7, 11) is 0. The van der Waals surface area contributed by atoms with Crippen molar-refractivity contribution in [3.05, 3.63) is 85.1 Å². The zero-order valence-electron chi connectivity index (χ0n) is 47.0. The largest absolute Gasteiger partial charge is 0.479 e. The third-order valence-electron chi connectivity index (χ3n) is 12.9. The summed E-state index contributed by atoms with van der Waals surface area (Å²) in [6.45, 7) is 5.77. The van der Waals surface area contributed by atoms with E-state index in [9.17, 15) is 34.5 Å². The van der Waals surface area contributed by atoms with Crippen molar-refractivity contribution in [2.45, 2.75) is 276 Å². The number of rotatable bonds is 49. The molecule has 0 aromatic rings. The Labute approximate surface area is 454 Å². The summed E-state index contributed by atoms with van der Waals surface area (Å²) in [5, 5.41) is 31.5. The van der Waals surface area contributed by atoms with Crippen molar-refractivity contribution < 1.29 is 58.2 Å². The van der Waals surface area contributed by atoms with Crippen LogP contribution in [0.3, 0.4) is 0 Å². The fraction of sp³-hybridized carbons (Fsp3) is 0.714. The summed E-state index contributed by atoms with van der Waals surface area (Å²) < 4.78 is 28.3. The highest BCUT2D eigenvalue weighted by molar-refractivity contribution is 5.74. The number of carboxylic acids is 1. The first-order valence-electron chi connectivity index (χ1n) is 29.6. The molecule has 1 saturated heterocycles. The highest BCUT2D eigenvalue weighted by Crippen LogP contribution is 2.26. The maximum Gasteiger partial charge on any atom is 0.335 e. The van der Waals surface area contributed by atoms with E-state index in [0.717, 1.165) is 103 Å². The van der Waals surface area contributed by atoms with Gasteiger partial charge in [0.05, 0.1) is 6.61 Å². The summed E-state index contributed by atoms with van der Waals surface area (Å²) in [4.78, 5) is 51.1. The molecule has 0 spiro atoms. The van der Waals surface area contributed by atoms with Crippen LogP contribution < -0.4 is 0 Å². The third-order valence-corrected chi connectivity index (χ3v) is 12.9. The van der Waals surface area contributed by atoms with Crippen molar-refractivity contribution in [2.75, 3.05) is 13.2 Å². The number of aliphatic hydroxyl groups excluding tert-OH is 2. The minimum atomic E-state index is -1.92. The van der Waals surface area contributed by atoms with Gasteiger partial charge in [0.2, 0.25) is 0 Å². The fourth-order valence-corrected chi connectivity index (χ4v) is 8.41. The van der Waals surface area contributed by atoms with Gasteiger partial charge < -0.3 is 39.0 Å². The van der Waals surface area contributed by atoms with Gasteiger partial charge in [0.15, 0.2) is 24.6 Å². The van der Waals surface area contributed by atoms with Gasteiger partial charge in [0.1, 0.15) is 18.8 Å². The SMILES string of the molecule is CC/C=C\C/C=C\C/C=C\C/C=C\CCC(=O)OC(COC(=O)CCCCCCC/C=C\C/C=C\CCCCC)COC1OC(C(=O)O)C(O)C(O)C1OC(=O)CCCCCCCCC/C=C\CCCCCCCC. The molecular weight excluding hydrogens is 949 g/mol. The molecule has 0 aromatic carbocycles. The van der Waals surface area contributed by atoms with Crippen LogP contribution in [0.2, 0.25) is 0 Å². The lowest BCUT2D eigenvalue weighted by Crippen LogP contribution is -2.61. The molecule has 0 aliphatic carbocycles. The van der Waals surface area contributed by atoms with E-state index in [-0.39, 0.29) is 25.9 Å². The lowest BCUT2D eigenvalue weighted by molar-refractivity contribution is -0.301. The summed E-state index contributed by atoms with van der Waals surface area (Å²) in [5.74, 6) is -3.26. The maximum atomic E-state index is 13.1. The number of aliphatic carboxylic acids is 1. The van der Waals surface area contributed by atoms with Crippen LogP contribution in [-0.4, -0.2) is 89.2 Å². The van der Waals surface area contributed by atoms with E-state index in [0.29, 0.717) is 25.7 Å². The molecule has 75 heavy (non-hydrogen) atoms. The zero-order chi connectivity index (χ0) is 54.7. The second kappa shape index (κ2) is 50.7. The number of ether oxygens (including phenoxy) is 5. The first-order chi connectivity index (χ1) is 36.6. The summed E-state index contributed by atoms with van der Waals surface area (Å²) in [6, 6.07) is 0. The molecule has 6 atom stereocenters. The zero-order valence-corrected chi connectivity index (χ0v) is 47.0. The quantitative estimate of drug-likeness (QED) is 0.0228. The molecule has 428 valence electrons.